The third-order valence-electron chi connectivity index (χ3n) is 7.87. The van der Waals surface area contributed by atoms with Crippen molar-refractivity contribution in [1.82, 2.24) is 0 Å². The maximum atomic E-state index is 3.67. The third kappa shape index (κ3) is 4.62. The van der Waals surface area contributed by atoms with Gasteiger partial charge in [0.2, 0.25) is 0 Å². The van der Waals surface area contributed by atoms with Gasteiger partial charge < -0.3 is 0 Å². The zero-order chi connectivity index (χ0) is 25.4. The average molecular weight is 461 g/mol. The van der Waals surface area contributed by atoms with Gasteiger partial charge in [-0.25, -0.2) is 0 Å². The van der Waals surface area contributed by atoms with E-state index in [1.807, 2.05) is 0 Å². The maximum absolute atomic E-state index is 3.67. The Hall–Kier alpha value is -3.04. The molecule has 1 aliphatic rings. The van der Waals surface area contributed by atoms with Crippen LogP contribution in [0, 0.1) is 52.4 Å². The molecule has 0 aromatic heterocycles. The second-order valence-electron chi connectivity index (χ2n) is 10.6. The lowest BCUT2D eigenvalue weighted by molar-refractivity contribution is 0.741. The fourth-order valence-electron chi connectivity index (χ4n) is 5.33. The minimum absolute atomic E-state index is 0.360. The lowest BCUT2D eigenvalue weighted by Crippen LogP contribution is -2.10. The summed E-state index contributed by atoms with van der Waals surface area (Å²) in [5, 5.41) is 2.70. The minimum Gasteiger partial charge on any atom is -0.0944 e. The van der Waals surface area contributed by atoms with E-state index in [1.165, 1.54) is 77.6 Å². The van der Waals surface area contributed by atoms with Crippen LogP contribution >= 0.6 is 0 Å². The first-order chi connectivity index (χ1) is 16.7. The minimum atomic E-state index is 0.360. The van der Waals surface area contributed by atoms with E-state index in [1.54, 1.807) is 0 Å². The van der Waals surface area contributed by atoms with Gasteiger partial charge in [0, 0.05) is 17.0 Å². The molecule has 3 aromatic carbocycles. The van der Waals surface area contributed by atoms with E-state index >= 15 is 0 Å². The molecule has 1 unspecified atom stereocenters. The quantitative estimate of drug-likeness (QED) is 0.262. The predicted octanol–water partition coefficient (Wildman–Crippen LogP) is 9.74. The molecule has 0 heteroatoms. The first-order valence-electron chi connectivity index (χ1n) is 13.2. The van der Waals surface area contributed by atoms with Crippen molar-refractivity contribution in [2.45, 2.75) is 81.6 Å². The summed E-state index contributed by atoms with van der Waals surface area (Å²) in [4.78, 5) is 0. The molecular formula is C35H40. The molecule has 0 N–H and O–H groups in total. The van der Waals surface area contributed by atoms with E-state index in [0.29, 0.717) is 5.92 Å². The van der Waals surface area contributed by atoms with E-state index < -0.39 is 0 Å². The van der Waals surface area contributed by atoms with Crippen molar-refractivity contribution < 1.29 is 0 Å². The smallest absolute Gasteiger partial charge is 0.0368 e. The molecule has 0 spiro atoms. The van der Waals surface area contributed by atoms with Crippen molar-refractivity contribution in [3.05, 3.63) is 86.5 Å². The van der Waals surface area contributed by atoms with Gasteiger partial charge in [-0.05, 0) is 122 Å². The number of aryl methyl sites for hydroxylation is 4. The Morgan fingerprint density at radius 2 is 1.54 bits per heavy atom. The van der Waals surface area contributed by atoms with Crippen LogP contribution < -0.4 is 0 Å². The summed E-state index contributed by atoms with van der Waals surface area (Å²) in [5.74, 6) is 7.57. The Morgan fingerprint density at radius 3 is 2.14 bits per heavy atom. The molecule has 3 aromatic rings. The van der Waals surface area contributed by atoms with Crippen LogP contribution in [0.25, 0.3) is 27.5 Å². The highest BCUT2D eigenvalue weighted by Crippen LogP contribution is 2.44. The number of rotatable bonds is 5. The van der Waals surface area contributed by atoms with Crippen LogP contribution in [-0.2, 0) is 6.42 Å². The van der Waals surface area contributed by atoms with Gasteiger partial charge in [-0.1, -0.05) is 74.6 Å². The van der Waals surface area contributed by atoms with Crippen molar-refractivity contribution in [2.75, 3.05) is 0 Å². The van der Waals surface area contributed by atoms with E-state index in [-0.39, 0.29) is 0 Å². The van der Waals surface area contributed by atoms with Gasteiger partial charge in [-0.2, -0.15) is 0 Å². The summed E-state index contributed by atoms with van der Waals surface area (Å²) in [5.41, 5.74) is 16.2. The molecule has 0 bridgehead atoms. The Kier molecular flexibility index (Phi) is 7.10. The molecule has 0 nitrogen and oxygen atoms in total. The predicted molar refractivity (Wildman–Crippen MR) is 155 cm³/mol. The van der Waals surface area contributed by atoms with Gasteiger partial charge in [-0.15, -0.1) is 0 Å². The molecule has 4 rings (SSSR count). The van der Waals surface area contributed by atoms with Crippen LogP contribution in [0.1, 0.15) is 85.0 Å². The van der Waals surface area contributed by atoms with Crippen LogP contribution in [0.15, 0.2) is 42.0 Å². The average Bonchev–Trinajstić information content (AvgIpc) is 2.81. The van der Waals surface area contributed by atoms with Crippen LogP contribution in [0.4, 0.5) is 0 Å². The molecule has 0 radical (unpaired) electrons. The van der Waals surface area contributed by atoms with Gasteiger partial charge in [0.15, 0.2) is 0 Å². The molecule has 1 aliphatic carbocycles. The van der Waals surface area contributed by atoms with Crippen molar-refractivity contribution in [1.29, 1.82) is 0 Å². The first kappa shape index (κ1) is 25.1. The zero-order valence-electron chi connectivity index (χ0n) is 23.2. The Bertz CT molecular complexity index is 1420. The molecule has 0 heterocycles. The number of hydrogen-bond donors (Lipinski definition) is 0. The Labute approximate surface area is 213 Å². The largest absolute Gasteiger partial charge is 0.0944 e. The Morgan fingerprint density at radius 1 is 0.914 bits per heavy atom. The number of benzene rings is 3. The molecule has 0 aliphatic heterocycles. The van der Waals surface area contributed by atoms with Gasteiger partial charge >= 0.3 is 0 Å². The molecule has 0 saturated heterocycles. The van der Waals surface area contributed by atoms with Gasteiger partial charge in [-0.3, -0.25) is 0 Å². The standard InChI is InChI=1S/C35H40/c1-10-12-28(15-21(3)11-2)34-31-16-22(4)13-14-30(31)35(29-17-25(7)27(9)26(8)18-29)33-20-24(6)23(5)19-32(33)34/h12,15,17-20,22H,10-11,16H2,1-9H3. The van der Waals surface area contributed by atoms with Crippen LogP contribution in [0.5, 0.6) is 0 Å². The summed E-state index contributed by atoms with van der Waals surface area (Å²) in [6, 6.07) is 9.59. The van der Waals surface area contributed by atoms with Crippen molar-refractivity contribution >= 4 is 16.3 Å². The second kappa shape index (κ2) is 9.91. The highest BCUT2D eigenvalue weighted by molar-refractivity contribution is 6.08. The molecular weight excluding hydrogens is 420 g/mol. The van der Waals surface area contributed by atoms with E-state index in [9.17, 15) is 0 Å². The number of fused-ring (bicyclic) bond motifs is 2. The molecule has 180 valence electrons. The lowest BCUT2D eigenvalue weighted by atomic mass is 9.77. The fourth-order valence-corrected chi connectivity index (χ4v) is 5.33. The normalized spacial score (nSPS) is 15.7. The van der Waals surface area contributed by atoms with Crippen molar-refractivity contribution in [2.24, 2.45) is 5.92 Å². The molecule has 0 amide bonds. The molecule has 1 atom stereocenters. The summed E-state index contributed by atoms with van der Waals surface area (Å²) in [7, 11) is 0. The number of allylic oxidation sites excluding steroid dienone is 4. The van der Waals surface area contributed by atoms with Crippen LogP contribution in [0.3, 0.4) is 0 Å². The summed E-state index contributed by atoms with van der Waals surface area (Å²) in [6.45, 7) is 20.2. The zero-order valence-corrected chi connectivity index (χ0v) is 23.2. The van der Waals surface area contributed by atoms with E-state index in [2.05, 4.69) is 111 Å². The van der Waals surface area contributed by atoms with Crippen LogP contribution in [-0.4, -0.2) is 0 Å². The number of hydrogen-bond acceptors (Lipinski definition) is 0. The highest BCUT2D eigenvalue weighted by atomic mass is 14.3. The topological polar surface area (TPSA) is 0 Å². The van der Waals surface area contributed by atoms with Gasteiger partial charge in [0.1, 0.15) is 0 Å². The third-order valence-corrected chi connectivity index (χ3v) is 7.87. The molecule has 35 heavy (non-hydrogen) atoms. The van der Waals surface area contributed by atoms with Crippen molar-refractivity contribution in [3.63, 3.8) is 0 Å². The molecule has 0 fully saturated rings. The summed E-state index contributed by atoms with van der Waals surface area (Å²) >= 11 is 0. The van der Waals surface area contributed by atoms with Crippen LogP contribution in [0.2, 0.25) is 0 Å². The van der Waals surface area contributed by atoms with Gasteiger partial charge in [0.05, 0.1) is 0 Å². The van der Waals surface area contributed by atoms with Gasteiger partial charge in [0.25, 0.3) is 0 Å². The Balaban J connectivity index is 2.24. The SMILES string of the molecule is CCC=C(C=C(C)CC)c1c2c(c(-c3cc(C)c(C)c(C)c3)c3cc(C)c(C)cc13)C#CC(C)C2. The summed E-state index contributed by atoms with van der Waals surface area (Å²) < 4.78 is 0. The summed E-state index contributed by atoms with van der Waals surface area (Å²) in [6.07, 6.45) is 7.91. The first-order valence-corrected chi connectivity index (χ1v) is 13.2. The van der Waals surface area contributed by atoms with Crippen molar-refractivity contribution in [3.8, 4) is 23.0 Å². The molecule has 0 saturated carbocycles. The second-order valence-corrected chi connectivity index (χ2v) is 10.6. The fraction of sp³-hybridized carbons (Fsp3) is 0.371. The maximum Gasteiger partial charge on any atom is 0.0368 e. The van der Waals surface area contributed by atoms with E-state index in [0.717, 1.165) is 19.3 Å². The highest BCUT2D eigenvalue weighted by Gasteiger charge is 2.25. The lowest BCUT2D eigenvalue weighted by Gasteiger charge is -2.26. The van der Waals surface area contributed by atoms with E-state index in [4.69, 9.17) is 0 Å². The monoisotopic (exact) mass is 460 g/mol.